The molecule has 0 unspecified atom stereocenters. The molecule has 1 heterocycles. The van der Waals surface area contributed by atoms with Crippen LogP contribution in [-0.2, 0) is 11.3 Å². The molecule has 0 saturated carbocycles. The molecule has 0 aliphatic heterocycles. The summed E-state index contributed by atoms with van der Waals surface area (Å²) in [6, 6.07) is 14.0. The first-order chi connectivity index (χ1) is 11.2. The van der Waals surface area contributed by atoms with Crippen molar-refractivity contribution in [2.24, 2.45) is 0 Å². The molecule has 1 atom stereocenters. The second kappa shape index (κ2) is 6.83. The Labute approximate surface area is 139 Å². The quantitative estimate of drug-likeness (QED) is 0.728. The molecular formula is C17H18N4OS. The normalized spacial score (nSPS) is 12.3. The highest BCUT2D eigenvalue weighted by atomic mass is 32.2. The van der Waals surface area contributed by atoms with Gasteiger partial charge in [-0.2, -0.15) is 0 Å². The maximum atomic E-state index is 12.4. The fourth-order valence-corrected chi connectivity index (χ4v) is 3.16. The Morgan fingerprint density at radius 3 is 2.83 bits per heavy atom. The van der Waals surface area contributed by atoms with Crippen LogP contribution >= 0.6 is 11.8 Å². The molecule has 1 N–H and O–H groups in total. The number of aryl methyl sites for hydroxylation is 1. The number of hydrogen-bond donors (Lipinski definition) is 1. The highest BCUT2D eigenvalue weighted by molar-refractivity contribution is 8.00. The molecule has 2 aromatic carbocycles. The molecule has 0 spiro atoms. The van der Waals surface area contributed by atoms with Gasteiger partial charge < -0.3 is 9.88 Å². The zero-order chi connectivity index (χ0) is 16.2. The van der Waals surface area contributed by atoms with Crippen molar-refractivity contribution in [2.75, 3.05) is 5.32 Å². The molecule has 5 nitrogen and oxygen atoms in total. The second-order valence-electron chi connectivity index (χ2n) is 5.21. The first-order valence-corrected chi connectivity index (χ1v) is 8.39. The number of nitrogens with zero attached hydrogens (tertiary/aromatic N) is 3. The fourth-order valence-electron chi connectivity index (χ4n) is 2.28. The lowest BCUT2D eigenvalue weighted by atomic mass is 10.1. The lowest BCUT2D eigenvalue weighted by Crippen LogP contribution is -2.22. The van der Waals surface area contributed by atoms with Gasteiger partial charge in [-0.15, -0.1) is 10.2 Å². The molecular weight excluding hydrogens is 308 g/mol. The van der Waals surface area contributed by atoms with Gasteiger partial charge in [-0.05, 0) is 36.8 Å². The van der Waals surface area contributed by atoms with E-state index in [0.717, 1.165) is 28.2 Å². The molecule has 0 saturated heterocycles. The SMILES string of the molecule is CCn1cnnc1S[C@H](C)C(=O)Nc1ccc2ccccc2c1. The molecule has 1 aromatic heterocycles. The van der Waals surface area contributed by atoms with Crippen molar-refractivity contribution in [3.05, 3.63) is 48.8 Å². The van der Waals surface area contributed by atoms with Crippen LogP contribution in [0.3, 0.4) is 0 Å². The van der Waals surface area contributed by atoms with E-state index in [1.54, 1.807) is 6.33 Å². The van der Waals surface area contributed by atoms with Crippen molar-refractivity contribution < 1.29 is 4.79 Å². The van der Waals surface area contributed by atoms with Gasteiger partial charge in [-0.3, -0.25) is 4.79 Å². The average Bonchev–Trinajstić information content (AvgIpc) is 3.01. The molecule has 3 aromatic rings. The van der Waals surface area contributed by atoms with Crippen LogP contribution in [0.4, 0.5) is 5.69 Å². The summed E-state index contributed by atoms with van der Waals surface area (Å²) >= 11 is 1.41. The summed E-state index contributed by atoms with van der Waals surface area (Å²) in [5, 5.41) is 13.7. The lowest BCUT2D eigenvalue weighted by molar-refractivity contribution is -0.115. The average molecular weight is 326 g/mol. The fraction of sp³-hybridized carbons (Fsp3) is 0.235. The molecule has 0 radical (unpaired) electrons. The van der Waals surface area contributed by atoms with E-state index >= 15 is 0 Å². The van der Waals surface area contributed by atoms with E-state index < -0.39 is 0 Å². The molecule has 23 heavy (non-hydrogen) atoms. The maximum Gasteiger partial charge on any atom is 0.237 e. The van der Waals surface area contributed by atoms with Crippen LogP contribution in [-0.4, -0.2) is 25.9 Å². The van der Waals surface area contributed by atoms with Gasteiger partial charge in [0, 0.05) is 12.2 Å². The number of nitrogens with one attached hydrogen (secondary N) is 1. The summed E-state index contributed by atoms with van der Waals surface area (Å²) in [7, 11) is 0. The first-order valence-electron chi connectivity index (χ1n) is 7.51. The number of carbonyl (C=O) groups is 1. The monoisotopic (exact) mass is 326 g/mol. The maximum absolute atomic E-state index is 12.4. The Kier molecular flexibility index (Phi) is 4.62. The standard InChI is InChI=1S/C17H18N4OS/c1-3-21-11-18-20-17(21)23-12(2)16(22)19-15-9-8-13-6-4-5-7-14(13)10-15/h4-12H,3H2,1-2H3,(H,19,22)/t12-/m1/s1. The molecule has 0 fully saturated rings. The minimum Gasteiger partial charge on any atom is -0.325 e. The molecule has 118 valence electrons. The molecule has 0 bridgehead atoms. The third-order valence-corrected chi connectivity index (χ3v) is 4.68. The van der Waals surface area contributed by atoms with Crippen LogP contribution < -0.4 is 5.32 Å². The summed E-state index contributed by atoms with van der Waals surface area (Å²) < 4.78 is 1.92. The van der Waals surface area contributed by atoms with Crippen molar-refractivity contribution in [2.45, 2.75) is 30.8 Å². The highest BCUT2D eigenvalue weighted by Gasteiger charge is 2.17. The van der Waals surface area contributed by atoms with Crippen LogP contribution in [0.25, 0.3) is 10.8 Å². The minimum atomic E-state index is -0.254. The zero-order valence-corrected chi connectivity index (χ0v) is 13.9. The van der Waals surface area contributed by atoms with Crippen LogP contribution in [0.1, 0.15) is 13.8 Å². The van der Waals surface area contributed by atoms with E-state index in [4.69, 9.17) is 0 Å². The van der Waals surface area contributed by atoms with E-state index in [2.05, 4.69) is 21.6 Å². The summed E-state index contributed by atoms with van der Waals surface area (Å²) in [6.45, 7) is 4.68. The predicted octanol–water partition coefficient (Wildman–Crippen LogP) is 3.57. The van der Waals surface area contributed by atoms with Crippen LogP contribution in [0.5, 0.6) is 0 Å². The van der Waals surface area contributed by atoms with E-state index in [9.17, 15) is 4.79 Å². The Morgan fingerprint density at radius 2 is 2.04 bits per heavy atom. The molecule has 3 rings (SSSR count). The van der Waals surface area contributed by atoms with Gasteiger partial charge in [-0.25, -0.2) is 0 Å². The van der Waals surface area contributed by atoms with E-state index in [1.165, 1.54) is 11.8 Å². The lowest BCUT2D eigenvalue weighted by Gasteiger charge is -2.12. The number of hydrogen-bond acceptors (Lipinski definition) is 4. The second-order valence-corrected chi connectivity index (χ2v) is 6.52. The van der Waals surface area contributed by atoms with Gasteiger partial charge in [0.25, 0.3) is 0 Å². The van der Waals surface area contributed by atoms with E-state index in [1.807, 2.05) is 54.8 Å². The molecule has 0 aliphatic carbocycles. The summed E-state index contributed by atoms with van der Waals surface area (Å²) in [5.41, 5.74) is 0.804. The first kappa shape index (κ1) is 15.6. The van der Waals surface area contributed by atoms with Crippen molar-refractivity contribution in [1.29, 1.82) is 0 Å². The minimum absolute atomic E-state index is 0.0454. The third kappa shape index (κ3) is 3.53. The van der Waals surface area contributed by atoms with Crippen LogP contribution in [0, 0.1) is 0 Å². The number of benzene rings is 2. The van der Waals surface area contributed by atoms with Gasteiger partial charge >= 0.3 is 0 Å². The Morgan fingerprint density at radius 1 is 1.26 bits per heavy atom. The summed E-state index contributed by atoms with van der Waals surface area (Å²) in [6.07, 6.45) is 1.68. The number of rotatable bonds is 5. The number of carbonyl (C=O) groups excluding carboxylic acids is 1. The summed E-state index contributed by atoms with van der Waals surface area (Å²) in [5.74, 6) is -0.0454. The van der Waals surface area contributed by atoms with Crippen molar-refractivity contribution in [3.8, 4) is 0 Å². The molecule has 6 heteroatoms. The Bertz CT molecular complexity index is 830. The van der Waals surface area contributed by atoms with E-state index in [-0.39, 0.29) is 11.2 Å². The highest BCUT2D eigenvalue weighted by Crippen LogP contribution is 2.23. The van der Waals surface area contributed by atoms with Gasteiger partial charge in [0.2, 0.25) is 5.91 Å². The van der Waals surface area contributed by atoms with Gasteiger partial charge in [0.05, 0.1) is 5.25 Å². The third-order valence-electron chi connectivity index (χ3n) is 3.59. The summed E-state index contributed by atoms with van der Waals surface area (Å²) in [4.78, 5) is 12.4. The van der Waals surface area contributed by atoms with Crippen molar-refractivity contribution in [1.82, 2.24) is 14.8 Å². The van der Waals surface area contributed by atoms with Gasteiger partial charge in [0.15, 0.2) is 5.16 Å². The Balaban J connectivity index is 1.69. The number of fused-ring (bicyclic) bond motifs is 1. The number of aromatic nitrogens is 3. The van der Waals surface area contributed by atoms with Crippen molar-refractivity contribution >= 4 is 34.1 Å². The smallest absolute Gasteiger partial charge is 0.237 e. The van der Waals surface area contributed by atoms with Gasteiger partial charge in [-0.1, -0.05) is 42.1 Å². The topological polar surface area (TPSA) is 59.8 Å². The van der Waals surface area contributed by atoms with Crippen molar-refractivity contribution in [3.63, 3.8) is 0 Å². The largest absolute Gasteiger partial charge is 0.325 e. The number of thioether (sulfide) groups is 1. The van der Waals surface area contributed by atoms with Crippen LogP contribution in [0.2, 0.25) is 0 Å². The number of anilines is 1. The molecule has 0 aliphatic rings. The molecule has 1 amide bonds. The number of amides is 1. The van der Waals surface area contributed by atoms with Crippen LogP contribution in [0.15, 0.2) is 53.9 Å². The van der Waals surface area contributed by atoms with E-state index in [0.29, 0.717) is 0 Å². The predicted molar refractivity (Wildman–Crippen MR) is 93.6 cm³/mol. The van der Waals surface area contributed by atoms with Gasteiger partial charge in [0.1, 0.15) is 6.33 Å². The Hall–Kier alpha value is -2.34. The zero-order valence-electron chi connectivity index (χ0n) is 13.1.